The van der Waals surface area contributed by atoms with E-state index in [2.05, 4.69) is 36.9 Å². The van der Waals surface area contributed by atoms with Crippen molar-refractivity contribution in [3.8, 4) is 11.5 Å². The molecule has 0 aliphatic carbocycles. The topological polar surface area (TPSA) is 21.7 Å². The molecule has 2 aliphatic heterocycles. The Bertz CT molecular complexity index is 444. The van der Waals surface area contributed by atoms with E-state index in [-0.39, 0.29) is 0 Å². The minimum Gasteiger partial charge on any atom is -0.486 e. The smallest absolute Gasteiger partial charge is 0.161 e. The lowest BCUT2D eigenvalue weighted by molar-refractivity contribution is 0.170. The van der Waals surface area contributed by atoms with Gasteiger partial charge in [-0.3, -0.25) is 4.90 Å². The van der Waals surface area contributed by atoms with Crippen LogP contribution in [0, 0.1) is 5.92 Å². The van der Waals surface area contributed by atoms with Gasteiger partial charge in [0.05, 0.1) is 0 Å². The van der Waals surface area contributed by atoms with E-state index in [9.17, 15) is 0 Å². The number of ether oxygens (including phenoxy) is 2. The third-order valence-electron chi connectivity index (χ3n) is 3.91. The average molecular weight is 261 g/mol. The Morgan fingerprint density at radius 3 is 2.79 bits per heavy atom. The fraction of sp³-hybridized carbons (Fsp3) is 0.625. The molecule has 0 N–H and O–H groups in total. The van der Waals surface area contributed by atoms with Crippen molar-refractivity contribution in [1.29, 1.82) is 0 Å². The minimum absolute atomic E-state index is 0.554. The van der Waals surface area contributed by atoms with Gasteiger partial charge in [0.15, 0.2) is 11.5 Å². The predicted molar refractivity (Wildman–Crippen MR) is 75.8 cm³/mol. The van der Waals surface area contributed by atoms with Crippen LogP contribution in [0.4, 0.5) is 0 Å². The van der Waals surface area contributed by atoms with Crippen LogP contribution >= 0.6 is 0 Å². The van der Waals surface area contributed by atoms with Crippen LogP contribution in [0.1, 0.15) is 38.3 Å². The Balaban J connectivity index is 1.81. The van der Waals surface area contributed by atoms with Crippen LogP contribution in [0.3, 0.4) is 0 Å². The molecule has 1 saturated heterocycles. The summed E-state index contributed by atoms with van der Waals surface area (Å²) in [6.07, 6.45) is 2.55. The first-order chi connectivity index (χ1) is 9.24. The van der Waals surface area contributed by atoms with Crippen molar-refractivity contribution in [2.75, 3.05) is 26.3 Å². The van der Waals surface area contributed by atoms with Crippen molar-refractivity contribution in [1.82, 2.24) is 4.90 Å². The summed E-state index contributed by atoms with van der Waals surface area (Å²) in [5.74, 6) is 2.53. The predicted octanol–water partition coefficient (Wildman–Crippen LogP) is 3.25. The van der Waals surface area contributed by atoms with Crippen molar-refractivity contribution in [3.05, 3.63) is 23.8 Å². The van der Waals surface area contributed by atoms with E-state index >= 15 is 0 Å². The van der Waals surface area contributed by atoms with Crippen LogP contribution in [-0.2, 0) is 0 Å². The number of likely N-dealkylation sites (tertiary alicyclic amines) is 1. The lowest BCUT2D eigenvalue weighted by Crippen LogP contribution is -2.27. The first-order valence-electron chi connectivity index (χ1n) is 7.37. The standard InChI is InChI=1S/C16H23NO2/c1-12(2)11-17-7-3-4-14(17)13-5-6-15-16(10-13)19-9-8-18-15/h5-6,10,12,14H,3-4,7-9,11H2,1-2H3/t14-/m0/s1. The molecule has 0 aromatic heterocycles. The molecule has 0 spiro atoms. The van der Waals surface area contributed by atoms with Crippen LogP contribution in [0.15, 0.2) is 18.2 Å². The molecular formula is C16H23NO2. The third kappa shape index (κ3) is 2.71. The molecule has 0 saturated carbocycles. The Labute approximate surface area is 115 Å². The van der Waals surface area contributed by atoms with Crippen LogP contribution in [0.5, 0.6) is 11.5 Å². The molecule has 2 heterocycles. The zero-order chi connectivity index (χ0) is 13.2. The van der Waals surface area contributed by atoms with Gasteiger partial charge in [0.1, 0.15) is 13.2 Å². The third-order valence-corrected chi connectivity index (χ3v) is 3.91. The van der Waals surface area contributed by atoms with Crippen molar-refractivity contribution in [2.24, 2.45) is 5.92 Å². The summed E-state index contributed by atoms with van der Waals surface area (Å²) >= 11 is 0. The number of hydrogen-bond donors (Lipinski definition) is 0. The van der Waals surface area contributed by atoms with Gasteiger partial charge in [-0.2, -0.15) is 0 Å². The quantitative estimate of drug-likeness (QED) is 0.833. The molecule has 0 bridgehead atoms. The van der Waals surface area contributed by atoms with E-state index in [0.29, 0.717) is 19.3 Å². The second-order valence-corrected chi connectivity index (χ2v) is 5.95. The van der Waals surface area contributed by atoms with Crippen molar-refractivity contribution in [2.45, 2.75) is 32.7 Å². The molecule has 1 atom stereocenters. The maximum Gasteiger partial charge on any atom is 0.161 e. The number of rotatable bonds is 3. The maximum atomic E-state index is 5.70. The van der Waals surface area contributed by atoms with Crippen molar-refractivity contribution >= 4 is 0 Å². The number of nitrogens with zero attached hydrogens (tertiary/aromatic N) is 1. The summed E-state index contributed by atoms with van der Waals surface area (Å²) in [6, 6.07) is 7.00. The second kappa shape index (κ2) is 5.41. The Morgan fingerprint density at radius 1 is 1.21 bits per heavy atom. The number of hydrogen-bond acceptors (Lipinski definition) is 3. The van der Waals surface area contributed by atoms with E-state index < -0.39 is 0 Å². The normalized spacial score (nSPS) is 23.0. The fourth-order valence-corrected chi connectivity index (χ4v) is 3.16. The van der Waals surface area contributed by atoms with Gasteiger partial charge in [-0.05, 0) is 43.0 Å². The van der Waals surface area contributed by atoms with Crippen LogP contribution < -0.4 is 9.47 Å². The highest BCUT2D eigenvalue weighted by molar-refractivity contribution is 5.44. The Morgan fingerprint density at radius 2 is 2.00 bits per heavy atom. The van der Waals surface area contributed by atoms with Gasteiger partial charge in [-0.15, -0.1) is 0 Å². The van der Waals surface area contributed by atoms with E-state index in [1.807, 2.05) is 0 Å². The molecular weight excluding hydrogens is 238 g/mol. The summed E-state index contributed by atoms with van der Waals surface area (Å²) < 4.78 is 11.3. The molecule has 1 aromatic rings. The highest BCUT2D eigenvalue weighted by atomic mass is 16.6. The summed E-state index contributed by atoms with van der Waals surface area (Å²) in [4.78, 5) is 2.61. The zero-order valence-electron chi connectivity index (χ0n) is 11.9. The van der Waals surface area contributed by atoms with Gasteiger partial charge in [-0.1, -0.05) is 19.9 Å². The van der Waals surface area contributed by atoms with Crippen molar-refractivity contribution in [3.63, 3.8) is 0 Å². The molecule has 0 unspecified atom stereocenters. The molecule has 2 aliphatic rings. The van der Waals surface area contributed by atoms with Crippen molar-refractivity contribution < 1.29 is 9.47 Å². The summed E-state index contributed by atoms with van der Waals surface area (Å²) in [7, 11) is 0. The van der Waals surface area contributed by atoms with Gasteiger partial charge in [0.2, 0.25) is 0 Å². The molecule has 3 heteroatoms. The van der Waals surface area contributed by atoms with Gasteiger partial charge in [0, 0.05) is 12.6 Å². The lowest BCUT2D eigenvalue weighted by Gasteiger charge is -2.27. The zero-order valence-corrected chi connectivity index (χ0v) is 11.9. The molecule has 3 rings (SSSR count). The molecule has 0 amide bonds. The fourth-order valence-electron chi connectivity index (χ4n) is 3.16. The Hall–Kier alpha value is -1.22. The van der Waals surface area contributed by atoms with Crippen LogP contribution in [0.2, 0.25) is 0 Å². The molecule has 1 fully saturated rings. The highest BCUT2D eigenvalue weighted by Crippen LogP contribution is 2.38. The number of fused-ring (bicyclic) bond motifs is 1. The second-order valence-electron chi connectivity index (χ2n) is 5.95. The van der Waals surface area contributed by atoms with Gasteiger partial charge in [-0.25, -0.2) is 0 Å². The van der Waals surface area contributed by atoms with E-state index in [1.165, 1.54) is 31.5 Å². The largest absolute Gasteiger partial charge is 0.486 e. The van der Waals surface area contributed by atoms with Crippen LogP contribution in [0.25, 0.3) is 0 Å². The molecule has 3 nitrogen and oxygen atoms in total. The molecule has 104 valence electrons. The number of benzene rings is 1. The van der Waals surface area contributed by atoms with Gasteiger partial charge < -0.3 is 9.47 Å². The SMILES string of the molecule is CC(C)CN1CCC[C@H]1c1ccc2c(c1)OCCO2. The highest BCUT2D eigenvalue weighted by Gasteiger charge is 2.27. The average Bonchev–Trinajstić information content (AvgIpc) is 2.85. The summed E-state index contributed by atoms with van der Waals surface area (Å²) in [6.45, 7) is 8.31. The first kappa shape index (κ1) is 12.8. The minimum atomic E-state index is 0.554. The van der Waals surface area contributed by atoms with Gasteiger partial charge in [0.25, 0.3) is 0 Å². The Kier molecular flexibility index (Phi) is 3.65. The van der Waals surface area contributed by atoms with Crippen LogP contribution in [-0.4, -0.2) is 31.2 Å². The maximum absolute atomic E-state index is 5.70. The summed E-state index contributed by atoms with van der Waals surface area (Å²) in [5.41, 5.74) is 1.38. The van der Waals surface area contributed by atoms with Gasteiger partial charge >= 0.3 is 0 Å². The monoisotopic (exact) mass is 261 g/mol. The molecule has 0 radical (unpaired) electrons. The molecule has 1 aromatic carbocycles. The van der Waals surface area contributed by atoms with E-state index in [1.54, 1.807) is 0 Å². The van der Waals surface area contributed by atoms with E-state index in [4.69, 9.17) is 9.47 Å². The van der Waals surface area contributed by atoms with E-state index in [0.717, 1.165) is 17.4 Å². The lowest BCUT2D eigenvalue weighted by atomic mass is 10.0. The first-order valence-corrected chi connectivity index (χ1v) is 7.37. The summed E-state index contributed by atoms with van der Waals surface area (Å²) in [5, 5.41) is 0. The molecule has 19 heavy (non-hydrogen) atoms.